The number of benzene rings is 1. The third-order valence-corrected chi connectivity index (χ3v) is 6.32. The fourth-order valence-corrected chi connectivity index (χ4v) is 4.41. The van der Waals surface area contributed by atoms with Crippen molar-refractivity contribution >= 4 is 63.5 Å². The maximum Gasteiger partial charge on any atom is 0.240 e. The van der Waals surface area contributed by atoms with Gasteiger partial charge >= 0.3 is 0 Å². The van der Waals surface area contributed by atoms with Crippen molar-refractivity contribution in [2.75, 3.05) is 25.4 Å². The van der Waals surface area contributed by atoms with Gasteiger partial charge in [0.05, 0.1) is 21.8 Å². The monoisotopic (exact) mass is 477 g/mol. The second-order valence-corrected chi connectivity index (χ2v) is 9.14. The first-order valence-electron chi connectivity index (χ1n) is 9.37. The van der Waals surface area contributed by atoms with E-state index in [1.165, 1.54) is 18.0 Å². The van der Waals surface area contributed by atoms with Gasteiger partial charge in [-0.1, -0.05) is 41.7 Å². The molecule has 1 atom stereocenters. The average Bonchev–Trinajstić information content (AvgIpc) is 2.68. The minimum absolute atomic E-state index is 0.0571. The van der Waals surface area contributed by atoms with Gasteiger partial charge in [-0.2, -0.15) is 0 Å². The molecule has 1 saturated heterocycles. The molecule has 0 saturated carbocycles. The number of nitrogens with two attached hydrogens (primary N) is 1. The number of amides is 1. The summed E-state index contributed by atoms with van der Waals surface area (Å²) in [6.45, 7) is 4.32. The van der Waals surface area contributed by atoms with Gasteiger partial charge in [-0.25, -0.2) is 4.72 Å². The van der Waals surface area contributed by atoms with Crippen LogP contribution in [0.2, 0.25) is 10.0 Å². The lowest BCUT2D eigenvalue weighted by Gasteiger charge is -2.33. The van der Waals surface area contributed by atoms with E-state index in [0.717, 1.165) is 30.8 Å². The first-order chi connectivity index (χ1) is 13.8. The van der Waals surface area contributed by atoms with Crippen molar-refractivity contribution in [3.63, 3.8) is 0 Å². The molecule has 0 spiro atoms. The predicted octanol–water partition coefficient (Wildman–Crippen LogP) is 4.51. The first-order valence-corrected chi connectivity index (χ1v) is 11.3. The second-order valence-electron chi connectivity index (χ2n) is 7.00. The third kappa shape index (κ3) is 7.90. The molecule has 1 aromatic rings. The molecule has 0 bridgehead atoms. The van der Waals surface area contributed by atoms with E-state index in [2.05, 4.69) is 17.0 Å². The van der Waals surface area contributed by atoms with Crippen LogP contribution in [-0.2, 0) is 4.79 Å². The lowest BCUT2D eigenvalue weighted by Crippen LogP contribution is -2.48. The van der Waals surface area contributed by atoms with Gasteiger partial charge in [0, 0.05) is 24.5 Å². The highest BCUT2D eigenvalue weighted by atomic mass is 35.5. The minimum Gasteiger partial charge on any atom is -0.396 e. The maximum absolute atomic E-state index is 13.1. The molecule has 1 heterocycles. The molecule has 29 heavy (non-hydrogen) atoms. The molecule has 1 aliphatic rings. The van der Waals surface area contributed by atoms with Gasteiger partial charge in [-0.15, -0.1) is 0 Å². The van der Waals surface area contributed by atoms with E-state index in [1.807, 2.05) is 4.90 Å². The van der Waals surface area contributed by atoms with Gasteiger partial charge in [-0.3, -0.25) is 10.2 Å². The average molecular weight is 479 g/mol. The van der Waals surface area contributed by atoms with E-state index in [9.17, 15) is 4.79 Å². The van der Waals surface area contributed by atoms with Crippen molar-refractivity contribution in [2.45, 2.75) is 37.1 Å². The standard InChI is InChI=1S/C19H26Cl3N5OS/c1-12-4-8-27(9-5-12)19(28)16(2-6-25-7-3-17(22)23)26-29-13-10-14(20)18(24)15(21)11-13/h3,7,10-12,16,23,25-26H,2,4-6,8-9,24H2,1H3/b7-3-,23-17?. The Morgan fingerprint density at radius 2 is 2.00 bits per heavy atom. The van der Waals surface area contributed by atoms with Crippen molar-refractivity contribution in [3.05, 3.63) is 34.5 Å². The summed E-state index contributed by atoms with van der Waals surface area (Å²) in [5.74, 6) is 0.726. The van der Waals surface area contributed by atoms with E-state index < -0.39 is 0 Å². The molecule has 2 rings (SSSR count). The number of hydrogen-bond donors (Lipinski definition) is 4. The molecule has 1 aliphatic heterocycles. The SMILES string of the molecule is CC1CCN(C(=O)C(CCN/C=C\C(=N)Cl)NSc2cc(Cl)c(N)c(Cl)c2)CC1. The number of rotatable bonds is 9. The molecular formula is C19H26Cl3N5OS. The number of anilines is 1. The Hall–Kier alpha value is -1.12. The number of hydrogen-bond acceptors (Lipinski definition) is 6. The smallest absolute Gasteiger partial charge is 0.240 e. The van der Waals surface area contributed by atoms with Crippen LogP contribution in [0.3, 0.4) is 0 Å². The number of carbonyl (C=O) groups is 1. The van der Waals surface area contributed by atoms with Crippen LogP contribution in [-0.4, -0.2) is 41.7 Å². The fraction of sp³-hybridized carbons (Fsp3) is 0.474. The van der Waals surface area contributed by atoms with Crippen LogP contribution >= 0.6 is 46.8 Å². The molecule has 1 unspecified atom stereocenters. The number of likely N-dealkylation sites (tertiary alicyclic amines) is 1. The number of nitrogens with zero attached hydrogens (tertiary/aromatic N) is 1. The largest absolute Gasteiger partial charge is 0.396 e. The third-order valence-electron chi connectivity index (χ3n) is 4.69. The molecule has 10 heteroatoms. The molecule has 6 nitrogen and oxygen atoms in total. The topological polar surface area (TPSA) is 94.2 Å². The Balaban J connectivity index is 2.01. The summed E-state index contributed by atoms with van der Waals surface area (Å²) in [7, 11) is 0. The summed E-state index contributed by atoms with van der Waals surface area (Å²) in [6.07, 6.45) is 5.66. The van der Waals surface area contributed by atoms with Gasteiger partial charge in [0.1, 0.15) is 5.17 Å². The van der Waals surface area contributed by atoms with Crippen molar-refractivity contribution in [3.8, 4) is 0 Å². The zero-order valence-corrected chi connectivity index (χ0v) is 19.3. The van der Waals surface area contributed by atoms with E-state index in [4.69, 9.17) is 45.9 Å². The Morgan fingerprint density at radius 1 is 1.38 bits per heavy atom. The van der Waals surface area contributed by atoms with Crippen LogP contribution in [0.5, 0.6) is 0 Å². The molecule has 160 valence electrons. The number of piperidine rings is 1. The van der Waals surface area contributed by atoms with Crippen LogP contribution in [0.1, 0.15) is 26.2 Å². The van der Waals surface area contributed by atoms with Crippen molar-refractivity contribution in [1.82, 2.24) is 14.9 Å². The van der Waals surface area contributed by atoms with E-state index in [0.29, 0.717) is 34.6 Å². The minimum atomic E-state index is -0.389. The van der Waals surface area contributed by atoms with Crippen molar-refractivity contribution in [1.29, 1.82) is 5.41 Å². The maximum atomic E-state index is 13.1. The Labute approximate surface area is 191 Å². The zero-order valence-electron chi connectivity index (χ0n) is 16.2. The molecule has 5 N–H and O–H groups in total. The first kappa shape index (κ1) is 24.2. The summed E-state index contributed by atoms with van der Waals surface area (Å²) < 4.78 is 3.25. The number of nitrogen functional groups attached to an aromatic ring is 1. The lowest BCUT2D eigenvalue weighted by atomic mass is 9.98. The molecule has 1 fully saturated rings. The Bertz CT molecular complexity index is 730. The Kier molecular flexibility index (Phi) is 9.92. The van der Waals surface area contributed by atoms with Crippen LogP contribution in [0, 0.1) is 11.3 Å². The van der Waals surface area contributed by atoms with E-state index in [-0.39, 0.29) is 17.1 Å². The predicted molar refractivity (Wildman–Crippen MR) is 124 cm³/mol. The van der Waals surface area contributed by atoms with Crippen LogP contribution < -0.4 is 15.8 Å². The number of nitrogens with one attached hydrogen (secondary N) is 3. The Morgan fingerprint density at radius 3 is 2.59 bits per heavy atom. The fourth-order valence-electron chi connectivity index (χ4n) is 2.88. The van der Waals surface area contributed by atoms with Gasteiger partial charge in [0.15, 0.2) is 0 Å². The van der Waals surface area contributed by atoms with Crippen LogP contribution in [0.15, 0.2) is 29.3 Å². The summed E-state index contributed by atoms with van der Waals surface area (Å²) in [5.41, 5.74) is 6.13. The van der Waals surface area contributed by atoms with Crippen LogP contribution in [0.4, 0.5) is 5.69 Å². The molecule has 0 aromatic heterocycles. The van der Waals surface area contributed by atoms with Gasteiger partial charge < -0.3 is 16.0 Å². The zero-order chi connectivity index (χ0) is 21.4. The summed E-state index contributed by atoms with van der Waals surface area (Å²) in [4.78, 5) is 15.8. The molecule has 0 aliphatic carbocycles. The van der Waals surface area contributed by atoms with Gasteiger partial charge in [0.2, 0.25) is 5.91 Å². The van der Waals surface area contributed by atoms with E-state index in [1.54, 1.807) is 18.3 Å². The van der Waals surface area contributed by atoms with Crippen molar-refractivity contribution < 1.29 is 4.79 Å². The highest BCUT2D eigenvalue weighted by molar-refractivity contribution is 7.97. The highest BCUT2D eigenvalue weighted by Crippen LogP contribution is 2.32. The number of halogens is 3. The quantitative estimate of drug-likeness (QED) is 0.181. The van der Waals surface area contributed by atoms with Crippen LogP contribution in [0.25, 0.3) is 0 Å². The summed E-state index contributed by atoms with van der Waals surface area (Å²) >= 11 is 19.0. The molecular weight excluding hydrogens is 453 g/mol. The summed E-state index contributed by atoms with van der Waals surface area (Å²) in [6, 6.07) is 3.05. The molecule has 0 radical (unpaired) electrons. The highest BCUT2D eigenvalue weighted by Gasteiger charge is 2.27. The molecule has 1 amide bonds. The van der Waals surface area contributed by atoms with E-state index >= 15 is 0 Å². The normalized spacial score (nSPS) is 16.2. The summed E-state index contributed by atoms with van der Waals surface area (Å²) in [5, 5.41) is 10.9. The molecule has 1 aromatic carbocycles. The van der Waals surface area contributed by atoms with Gasteiger partial charge in [-0.05, 0) is 61.5 Å². The number of carbonyl (C=O) groups excluding carboxylic acids is 1. The van der Waals surface area contributed by atoms with Crippen molar-refractivity contribution in [2.24, 2.45) is 5.92 Å². The number of allylic oxidation sites excluding steroid dienone is 1. The second kappa shape index (κ2) is 11.9. The lowest BCUT2D eigenvalue weighted by molar-refractivity contribution is -0.134. The van der Waals surface area contributed by atoms with Gasteiger partial charge in [0.25, 0.3) is 0 Å².